The Morgan fingerprint density at radius 2 is 2.03 bits per heavy atom. The number of rotatable bonds is 6. The van der Waals surface area contributed by atoms with Gasteiger partial charge < -0.3 is 10.1 Å². The van der Waals surface area contributed by atoms with Crippen LogP contribution in [0.4, 0.5) is 0 Å². The number of benzene rings is 1. The van der Waals surface area contributed by atoms with Crippen LogP contribution in [0, 0.1) is 13.8 Å². The summed E-state index contributed by atoms with van der Waals surface area (Å²) in [4.78, 5) is 21.3. The van der Waals surface area contributed by atoms with Crippen molar-refractivity contribution in [3.63, 3.8) is 0 Å². The van der Waals surface area contributed by atoms with Crippen LogP contribution in [0.1, 0.15) is 29.7 Å². The second-order valence-corrected chi connectivity index (χ2v) is 8.03. The van der Waals surface area contributed by atoms with Gasteiger partial charge in [0, 0.05) is 18.5 Å². The van der Waals surface area contributed by atoms with Gasteiger partial charge in [-0.2, -0.15) is 10.1 Å². The Balaban J connectivity index is 1.47. The highest BCUT2D eigenvalue weighted by atomic mass is 32.1. The molecule has 3 heterocycles. The minimum Gasteiger partial charge on any atom is -0.468 e. The molecule has 8 heteroatoms. The van der Waals surface area contributed by atoms with Gasteiger partial charge in [-0.05, 0) is 31.9 Å². The summed E-state index contributed by atoms with van der Waals surface area (Å²) in [7, 11) is 1.84. The molecule has 30 heavy (non-hydrogen) atoms. The number of hydrogen-bond acceptors (Lipinski definition) is 6. The molecule has 3 aromatic heterocycles. The molecule has 0 saturated carbocycles. The van der Waals surface area contributed by atoms with Gasteiger partial charge in [-0.1, -0.05) is 29.8 Å². The molecule has 1 atom stereocenters. The minimum absolute atomic E-state index is 0.100. The Kier molecular flexibility index (Phi) is 5.50. The first-order valence-corrected chi connectivity index (χ1v) is 10.6. The Labute approximate surface area is 178 Å². The molecule has 1 amide bonds. The summed E-state index contributed by atoms with van der Waals surface area (Å²) < 4.78 is 7.40. The lowest BCUT2D eigenvalue weighted by Gasteiger charge is -2.15. The monoisotopic (exact) mass is 421 g/mol. The topological polar surface area (TPSA) is 81.9 Å². The molecule has 4 aromatic rings. The van der Waals surface area contributed by atoms with Crippen molar-refractivity contribution >= 4 is 28.3 Å². The maximum absolute atomic E-state index is 12.4. The predicted octanol–water partition coefficient (Wildman–Crippen LogP) is 3.96. The highest BCUT2D eigenvalue weighted by Gasteiger charge is 2.18. The number of aromatic nitrogens is 4. The summed E-state index contributed by atoms with van der Waals surface area (Å²) in [6.45, 7) is 5.86. The highest BCUT2D eigenvalue weighted by Crippen LogP contribution is 2.30. The fourth-order valence-corrected chi connectivity index (χ4v) is 3.88. The normalized spacial score (nSPS) is 12.1. The quantitative estimate of drug-likeness (QED) is 0.509. The van der Waals surface area contributed by atoms with Gasteiger partial charge in [-0.3, -0.25) is 4.79 Å². The minimum atomic E-state index is -0.198. The van der Waals surface area contributed by atoms with Crippen molar-refractivity contribution in [1.29, 1.82) is 0 Å². The largest absolute Gasteiger partial charge is 0.468 e. The standard InChI is InChI=1S/C22H23N5O2S/c1-13-5-7-16(8-6-13)15(3)24-18(28)10-29-19-9-14(2)20-21(17-11-30-12-23-17)26-27(4)22(20)25-19/h5-9,11-12,15H,10H2,1-4H3,(H,24,28). The molecular weight excluding hydrogens is 398 g/mol. The van der Waals surface area contributed by atoms with Gasteiger partial charge in [0.2, 0.25) is 5.88 Å². The fourth-order valence-electron chi connectivity index (χ4n) is 3.34. The molecule has 154 valence electrons. The second kappa shape index (κ2) is 8.23. The zero-order valence-electron chi connectivity index (χ0n) is 17.3. The average Bonchev–Trinajstić information content (AvgIpc) is 3.35. The Hall–Kier alpha value is -3.26. The van der Waals surface area contributed by atoms with Gasteiger partial charge in [-0.25, -0.2) is 9.67 Å². The summed E-state index contributed by atoms with van der Waals surface area (Å²) >= 11 is 1.53. The van der Waals surface area contributed by atoms with Crippen LogP contribution in [-0.2, 0) is 11.8 Å². The van der Waals surface area contributed by atoms with Crippen LogP contribution in [0.5, 0.6) is 5.88 Å². The lowest BCUT2D eigenvalue weighted by Crippen LogP contribution is -2.31. The van der Waals surface area contributed by atoms with Gasteiger partial charge in [0.15, 0.2) is 12.3 Å². The van der Waals surface area contributed by atoms with E-state index in [-0.39, 0.29) is 18.6 Å². The van der Waals surface area contributed by atoms with Crippen LogP contribution in [0.25, 0.3) is 22.4 Å². The van der Waals surface area contributed by atoms with E-state index in [0.717, 1.165) is 27.9 Å². The number of pyridine rings is 1. The van der Waals surface area contributed by atoms with E-state index in [1.165, 1.54) is 16.9 Å². The molecule has 0 aliphatic rings. The van der Waals surface area contributed by atoms with Crippen molar-refractivity contribution in [3.8, 4) is 17.3 Å². The number of fused-ring (bicyclic) bond motifs is 1. The molecule has 1 aromatic carbocycles. The predicted molar refractivity (Wildman–Crippen MR) is 118 cm³/mol. The number of ether oxygens (including phenoxy) is 1. The molecule has 1 N–H and O–H groups in total. The zero-order chi connectivity index (χ0) is 21.3. The third-order valence-corrected chi connectivity index (χ3v) is 5.53. The van der Waals surface area contributed by atoms with E-state index in [1.807, 2.05) is 63.5 Å². The summed E-state index contributed by atoms with van der Waals surface area (Å²) in [5.41, 5.74) is 7.32. The van der Waals surface area contributed by atoms with Crippen molar-refractivity contribution in [1.82, 2.24) is 25.1 Å². The number of carbonyl (C=O) groups is 1. The number of thiazole rings is 1. The average molecular weight is 422 g/mol. The molecule has 0 bridgehead atoms. The first kappa shape index (κ1) is 20.0. The van der Waals surface area contributed by atoms with Gasteiger partial charge in [0.05, 0.1) is 16.9 Å². The van der Waals surface area contributed by atoms with Crippen LogP contribution < -0.4 is 10.1 Å². The van der Waals surface area contributed by atoms with Gasteiger partial charge in [0.25, 0.3) is 5.91 Å². The number of nitrogens with zero attached hydrogens (tertiary/aromatic N) is 4. The number of aryl methyl sites for hydroxylation is 3. The summed E-state index contributed by atoms with van der Waals surface area (Å²) in [5.74, 6) is 0.196. The van der Waals surface area contributed by atoms with E-state index < -0.39 is 0 Å². The summed E-state index contributed by atoms with van der Waals surface area (Å²) in [5, 5.41) is 10.4. The van der Waals surface area contributed by atoms with Gasteiger partial charge in [-0.15, -0.1) is 11.3 Å². The molecule has 0 aliphatic heterocycles. The fraction of sp³-hybridized carbons (Fsp3) is 0.273. The maximum atomic E-state index is 12.4. The molecule has 0 spiro atoms. The van der Waals surface area contributed by atoms with Crippen LogP contribution in [-0.4, -0.2) is 32.3 Å². The van der Waals surface area contributed by atoms with E-state index in [0.29, 0.717) is 11.5 Å². The lowest BCUT2D eigenvalue weighted by molar-refractivity contribution is -0.123. The molecule has 0 aliphatic carbocycles. The molecule has 4 rings (SSSR count). The Morgan fingerprint density at radius 1 is 1.27 bits per heavy atom. The molecule has 0 saturated heterocycles. The molecule has 7 nitrogen and oxygen atoms in total. The third kappa shape index (κ3) is 4.04. The molecular formula is C22H23N5O2S. The lowest BCUT2D eigenvalue weighted by atomic mass is 10.1. The van der Waals surface area contributed by atoms with E-state index >= 15 is 0 Å². The van der Waals surface area contributed by atoms with Crippen molar-refractivity contribution in [3.05, 3.63) is 57.9 Å². The second-order valence-electron chi connectivity index (χ2n) is 7.31. The van der Waals surface area contributed by atoms with Crippen molar-refractivity contribution in [2.45, 2.75) is 26.8 Å². The highest BCUT2D eigenvalue weighted by molar-refractivity contribution is 7.07. The van der Waals surface area contributed by atoms with Gasteiger partial charge >= 0.3 is 0 Å². The van der Waals surface area contributed by atoms with Crippen molar-refractivity contribution in [2.24, 2.45) is 7.05 Å². The van der Waals surface area contributed by atoms with Crippen molar-refractivity contribution in [2.75, 3.05) is 6.61 Å². The first-order valence-electron chi connectivity index (χ1n) is 9.64. The SMILES string of the molecule is Cc1ccc(C(C)NC(=O)COc2cc(C)c3c(-c4cscn4)nn(C)c3n2)cc1. The summed E-state index contributed by atoms with van der Waals surface area (Å²) in [6.07, 6.45) is 0. The van der Waals surface area contributed by atoms with Crippen LogP contribution in [0.3, 0.4) is 0 Å². The van der Waals surface area contributed by atoms with Crippen LogP contribution in [0.2, 0.25) is 0 Å². The first-order chi connectivity index (χ1) is 14.4. The molecule has 1 unspecified atom stereocenters. The third-order valence-electron chi connectivity index (χ3n) is 4.95. The Bertz CT molecular complexity index is 1180. The zero-order valence-corrected chi connectivity index (χ0v) is 18.2. The van der Waals surface area contributed by atoms with E-state index in [1.54, 1.807) is 10.2 Å². The number of nitrogens with one attached hydrogen (secondary N) is 1. The number of hydrogen-bond donors (Lipinski definition) is 1. The molecule has 0 radical (unpaired) electrons. The summed E-state index contributed by atoms with van der Waals surface area (Å²) in [6, 6.07) is 9.83. The van der Waals surface area contributed by atoms with E-state index in [2.05, 4.69) is 20.4 Å². The smallest absolute Gasteiger partial charge is 0.258 e. The molecule has 0 fully saturated rings. The van der Waals surface area contributed by atoms with E-state index in [9.17, 15) is 4.79 Å². The number of carbonyl (C=O) groups excluding carboxylic acids is 1. The maximum Gasteiger partial charge on any atom is 0.258 e. The van der Waals surface area contributed by atoms with Crippen LogP contribution in [0.15, 0.2) is 41.2 Å². The van der Waals surface area contributed by atoms with E-state index in [4.69, 9.17) is 4.74 Å². The van der Waals surface area contributed by atoms with Crippen LogP contribution >= 0.6 is 11.3 Å². The van der Waals surface area contributed by atoms with Gasteiger partial charge in [0.1, 0.15) is 11.4 Å². The Morgan fingerprint density at radius 3 is 2.73 bits per heavy atom. The van der Waals surface area contributed by atoms with Crippen molar-refractivity contribution < 1.29 is 9.53 Å². The number of amides is 1.